The van der Waals surface area contributed by atoms with Crippen LogP contribution in [0.2, 0.25) is 0 Å². The number of amides is 1. The third-order valence-electron chi connectivity index (χ3n) is 4.53. The van der Waals surface area contributed by atoms with Crippen molar-refractivity contribution in [2.75, 3.05) is 26.2 Å². The van der Waals surface area contributed by atoms with E-state index in [1.807, 2.05) is 17.5 Å². The first-order chi connectivity index (χ1) is 11.3. The van der Waals surface area contributed by atoms with Crippen molar-refractivity contribution >= 4 is 22.8 Å². The maximum atomic E-state index is 11.9. The summed E-state index contributed by atoms with van der Waals surface area (Å²) in [5.41, 5.74) is 1.49. The summed E-state index contributed by atoms with van der Waals surface area (Å²) < 4.78 is 0. The highest BCUT2D eigenvalue weighted by Crippen LogP contribution is 2.20. The molecule has 0 spiro atoms. The van der Waals surface area contributed by atoms with Crippen molar-refractivity contribution in [3.8, 4) is 0 Å². The molecule has 1 atom stereocenters. The van der Waals surface area contributed by atoms with Gasteiger partial charge < -0.3 is 5.32 Å². The van der Waals surface area contributed by atoms with Gasteiger partial charge in [-0.1, -0.05) is 24.3 Å². The van der Waals surface area contributed by atoms with Gasteiger partial charge in [0, 0.05) is 31.4 Å². The van der Waals surface area contributed by atoms with Gasteiger partial charge in [-0.2, -0.15) is 0 Å². The van der Waals surface area contributed by atoms with Crippen molar-refractivity contribution in [2.24, 2.45) is 4.99 Å². The molecule has 1 N–H and O–H groups in total. The maximum absolute atomic E-state index is 11.9. The lowest BCUT2D eigenvalue weighted by molar-refractivity contribution is 0.0951. The Morgan fingerprint density at radius 3 is 3.09 bits per heavy atom. The first-order valence-corrected chi connectivity index (χ1v) is 8.89. The molecule has 0 radical (unpaired) electrons. The molecule has 0 unspecified atom stereocenters. The minimum absolute atomic E-state index is 0.0298. The number of benzene rings is 1. The third kappa shape index (κ3) is 2.94. The maximum Gasteiger partial charge on any atom is 0.261 e. The van der Waals surface area contributed by atoms with E-state index in [1.165, 1.54) is 22.1 Å². The fourth-order valence-corrected chi connectivity index (χ4v) is 4.02. The zero-order chi connectivity index (χ0) is 15.6. The van der Waals surface area contributed by atoms with Crippen LogP contribution in [0.5, 0.6) is 0 Å². The molecule has 1 aromatic carbocycles. The van der Waals surface area contributed by atoms with E-state index in [1.54, 1.807) is 0 Å². The number of para-hydroxylation sites is 1. The summed E-state index contributed by atoms with van der Waals surface area (Å²) in [6, 6.07) is 12.5. The molecule has 3 heterocycles. The number of fused-ring (bicyclic) bond motifs is 2. The molecule has 0 aliphatic carbocycles. The fraction of sp³-hybridized carbons (Fsp3) is 0.333. The summed E-state index contributed by atoms with van der Waals surface area (Å²) >= 11 is 1.48. The second-order valence-corrected chi connectivity index (χ2v) is 6.92. The molecule has 2 aliphatic heterocycles. The van der Waals surface area contributed by atoms with Crippen LogP contribution in [0.4, 0.5) is 0 Å². The molecule has 4 rings (SSSR count). The number of nitrogens with zero attached hydrogens (tertiary/aromatic N) is 2. The van der Waals surface area contributed by atoms with Crippen LogP contribution in [0.25, 0.3) is 5.57 Å². The van der Waals surface area contributed by atoms with Crippen molar-refractivity contribution in [1.29, 1.82) is 0 Å². The van der Waals surface area contributed by atoms with Crippen LogP contribution in [0.1, 0.15) is 16.1 Å². The van der Waals surface area contributed by atoms with Gasteiger partial charge in [0.25, 0.3) is 5.91 Å². The van der Waals surface area contributed by atoms with E-state index >= 15 is 0 Å². The molecular weight excluding hydrogens is 306 g/mol. The monoisotopic (exact) mass is 325 g/mol. The van der Waals surface area contributed by atoms with Crippen molar-refractivity contribution in [2.45, 2.75) is 12.5 Å². The smallest absolute Gasteiger partial charge is 0.261 e. The number of rotatable bonds is 4. The molecular formula is C18H19N3OS. The predicted molar refractivity (Wildman–Crippen MR) is 92.1 cm³/mol. The van der Waals surface area contributed by atoms with Crippen molar-refractivity contribution < 1.29 is 4.79 Å². The third-order valence-corrected chi connectivity index (χ3v) is 5.40. The summed E-state index contributed by atoms with van der Waals surface area (Å²) in [6.45, 7) is 3.57. The Bertz CT molecular complexity index is 828. The zero-order valence-electron chi connectivity index (χ0n) is 12.9. The Kier molecular flexibility index (Phi) is 3.97. The van der Waals surface area contributed by atoms with Gasteiger partial charge >= 0.3 is 0 Å². The molecule has 0 bridgehead atoms. The highest BCUT2D eigenvalue weighted by atomic mass is 32.1. The van der Waals surface area contributed by atoms with E-state index in [4.69, 9.17) is 4.99 Å². The van der Waals surface area contributed by atoms with E-state index < -0.39 is 0 Å². The van der Waals surface area contributed by atoms with E-state index in [0.29, 0.717) is 12.6 Å². The molecule has 2 aliphatic rings. The van der Waals surface area contributed by atoms with Gasteiger partial charge in [-0.3, -0.25) is 14.7 Å². The van der Waals surface area contributed by atoms with Crippen LogP contribution in [0.15, 0.2) is 46.8 Å². The second kappa shape index (κ2) is 6.26. The van der Waals surface area contributed by atoms with Crippen LogP contribution in [-0.4, -0.2) is 43.0 Å². The number of thiophene rings is 1. The Morgan fingerprint density at radius 2 is 2.22 bits per heavy atom. The fourth-order valence-electron chi connectivity index (χ4n) is 3.38. The number of piperidine rings is 1. The highest BCUT2D eigenvalue weighted by Gasteiger charge is 2.26. The normalized spacial score (nSPS) is 19.8. The first kappa shape index (κ1) is 14.6. The Morgan fingerprint density at radius 1 is 1.30 bits per heavy atom. The number of hydrogen-bond acceptors (Lipinski definition) is 4. The zero-order valence-corrected chi connectivity index (χ0v) is 13.7. The number of hydrogen-bond donors (Lipinski definition) is 1. The molecule has 1 fully saturated rings. The van der Waals surface area contributed by atoms with Gasteiger partial charge in [0.1, 0.15) is 0 Å². The summed E-state index contributed by atoms with van der Waals surface area (Å²) in [7, 11) is 0. The number of nitrogens with one attached hydrogen (secondary N) is 1. The molecule has 4 nitrogen and oxygen atoms in total. The van der Waals surface area contributed by atoms with Gasteiger partial charge in [-0.15, -0.1) is 11.3 Å². The van der Waals surface area contributed by atoms with E-state index in [0.717, 1.165) is 36.3 Å². The summed E-state index contributed by atoms with van der Waals surface area (Å²) in [6.07, 6.45) is 1.07. The van der Waals surface area contributed by atoms with Crippen LogP contribution in [0, 0.1) is 0 Å². The largest absolute Gasteiger partial charge is 0.350 e. The van der Waals surface area contributed by atoms with Crippen LogP contribution in [-0.2, 0) is 0 Å². The Balaban J connectivity index is 1.34. The Labute approximate surface area is 139 Å². The van der Waals surface area contributed by atoms with Gasteiger partial charge in [0.2, 0.25) is 0 Å². The molecule has 0 saturated carbocycles. The van der Waals surface area contributed by atoms with Crippen LogP contribution < -0.4 is 15.9 Å². The minimum atomic E-state index is 0.0298. The van der Waals surface area contributed by atoms with E-state index in [-0.39, 0.29) is 5.91 Å². The van der Waals surface area contributed by atoms with Gasteiger partial charge in [0.05, 0.1) is 16.3 Å². The SMILES string of the molecule is O=C(NCCN1CCC2=c3ccccc3=N[C@@H]2C1)c1cccs1. The number of likely N-dealkylation sites (tertiary alicyclic amines) is 1. The average Bonchev–Trinajstić information content (AvgIpc) is 3.22. The lowest BCUT2D eigenvalue weighted by atomic mass is 9.98. The molecule has 23 heavy (non-hydrogen) atoms. The molecule has 118 valence electrons. The molecule has 1 aromatic heterocycles. The van der Waals surface area contributed by atoms with E-state index in [2.05, 4.69) is 34.5 Å². The average molecular weight is 325 g/mol. The summed E-state index contributed by atoms with van der Waals surface area (Å²) in [5.74, 6) is 0.0298. The van der Waals surface area contributed by atoms with Gasteiger partial charge in [0.15, 0.2) is 0 Å². The standard InChI is InChI=1S/C18H19N3OS/c22-18(17-6-3-11-23-17)19-8-10-21-9-7-14-13-4-1-2-5-15(13)20-16(14)12-21/h1-6,11,16H,7-10,12H2,(H,19,22)/t16-/m1/s1. The summed E-state index contributed by atoms with van der Waals surface area (Å²) in [5, 5.41) is 7.40. The Hall–Kier alpha value is -1.98. The number of carbonyl (C=O) groups excluding carboxylic acids is 1. The van der Waals surface area contributed by atoms with Crippen molar-refractivity contribution in [3.05, 3.63) is 57.2 Å². The van der Waals surface area contributed by atoms with Gasteiger partial charge in [-0.25, -0.2) is 0 Å². The number of carbonyl (C=O) groups is 1. The second-order valence-electron chi connectivity index (χ2n) is 5.97. The molecule has 1 amide bonds. The highest BCUT2D eigenvalue weighted by molar-refractivity contribution is 7.12. The van der Waals surface area contributed by atoms with Crippen LogP contribution >= 0.6 is 11.3 Å². The lowest BCUT2D eigenvalue weighted by Crippen LogP contribution is -2.42. The quantitative estimate of drug-likeness (QED) is 0.913. The van der Waals surface area contributed by atoms with Crippen LogP contribution in [0.3, 0.4) is 0 Å². The van der Waals surface area contributed by atoms with Gasteiger partial charge in [-0.05, 0) is 29.5 Å². The lowest BCUT2D eigenvalue weighted by Gasteiger charge is -2.31. The molecule has 2 aromatic rings. The molecule has 1 saturated heterocycles. The first-order valence-electron chi connectivity index (χ1n) is 8.01. The van der Waals surface area contributed by atoms with Crippen molar-refractivity contribution in [1.82, 2.24) is 10.2 Å². The topological polar surface area (TPSA) is 44.7 Å². The summed E-state index contributed by atoms with van der Waals surface area (Å²) in [4.78, 5) is 20.0. The molecule has 5 heteroatoms. The minimum Gasteiger partial charge on any atom is -0.350 e. The van der Waals surface area contributed by atoms with E-state index in [9.17, 15) is 4.79 Å². The van der Waals surface area contributed by atoms with Crippen molar-refractivity contribution in [3.63, 3.8) is 0 Å². The predicted octanol–water partition coefficient (Wildman–Crippen LogP) is 1.04.